The highest BCUT2D eigenvalue weighted by molar-refractivity contribution is 5.65. The summed E-state index contributed by atoms with van der Waals surface area (Å²) < 4.78 is 89.5. The van der Waals surface area contributed by atoms with Gasteiger partial charge in [0.05, 0.1) is 5.92 Å². The Hall–Kier alpha value is -2.18. The lowest BCUT2D eigenvalue weighted by molar-refractivity contribution is -0.224. The Kier molecular flexibility index (Phi) is 8.02. The molecular weight excluding hydrogens is 466 g/mol. The lowest BCUT2D eigenvalue weighted by Crippen LogP contribution is -2.38. The van der Waals surface area contributed by atoms with Crippen LogP contribution in [0, 0.1) is 46.9 Å². The first-order valence-electron chi connectivity index (χ1n) is 12.7. The fraction of sp³-hybridized carbons (Fsp3) is 0.571. The average Bonchev–Trinajstić information content (AvgIpc) is 2.83. The Balaban J connectivity index is 1.35. The van der Waals surface area contributed by atoms with Gasteiger partial charge in [-0.1, -0.05) is 32.6 Å². The molecular formula is C28H32F6O. The molecule has 2 aliphatic carbocycles. The Morgan fingerprint density at radius 1 is 0.771 bits per heavy atom. The molecule has 4 rings (SSSR count). The number of hydrogen-bond acceptors (Lipinski definition) is 1. The Morgan fingerprint density at radius 3 is 1.89 bits per heavy atom. The quantitative estimate of drug-likeness (QED) is 0.273. The summed E-state index contributed by atoms with van der Waals surface area (Å²) in [5.74, 6) is -4.96. The van der Waals surface area contributed by atoms with Crippen molar-refractivity contribution in [3.8, 4) is 16.9 Å². The second kappa shape index (κ2) is 10.8. The van der Waals surface area contributed by atoms with Crippen molar-refractivity contribution < 1.29 is 31.1 Å². The third-order valence-corrected chi connectivity index (χ3v) is 7.99. The van der Waals surface area contributed by atoms with Crippen LogP contribution in [0.3, 0.4) is 0 Å². The number of halogens is 6. The van der Waals surface area contributed by atoms with Gasteiger partial charge in [-0.15, -0.1) is 0 Å². The zero-order valence-electron chi connectivity index (χ0n) is 19.9. The van der Waals surface area contributed by atoms with Gasteiger partial charge >= 0.3 is 6.11 Å². The summed E-state index contributed by atoms with van der Waals surface area (Å²) in [4.78, 5) is 0. The molecule has 0 aliphatic heterocycles. The molecule has 2 aliphatic rings. The number of alkyl halides is 2. The maximum absolute atomic E-state index is 14.9. The predicted molar refractivity (Wildman–Crippen MR) is 123 cm³/mol. The third kappa shape index (κ3) is 5.97. The van der Waals surface area contributed by atoms with Crippen LogP contribution in [0.15, 0.2) is 30.3 Å². The smallest absolute Gasteiger partial charge is 0.400 e. The molecule has 0 unspecified atom stereocenters. The van der Waals surface area contributed by atoms with E-state index in [4.69, 9.17) is 4.74 Å². The number of hydrogen-bond donors (Lipinski definition) is 0. The molecule has 7 heteroatoms. The van der Waals surface area contributed by atoms with E-state index in [1.54, 1.807) is 0 Å². The van der Waals surface area contributed by atoms with Crippen molar-refractivity contribution in [3.05, 3.63) is 53.6 Å². The normalized spacial score (nSPS) is 25.5. The molecule has 1 nitrogen and oxygen atoms in total. The highest BCUT2D eigenvalue weighted by atomic mass is 19.3. The summed E-state index contributed by atoms with van der Waals surface area (Å²) in [7, 11) is 0. The summed E-state index contributed by atoms with van der Waals surface area (Å²) in [6, 6.07) is 4.30. The molecule has 0 spiro atoms. The molecule has 2 aromatic carbocycles. The van der Waals surface area contributed by atoms with Gasteiger partial charge in [-0.05, 0) is 86.1 Å². The van der Waals surface area contributed by atoms with Crippen LogP contribution in [0.4, 0.5) is 26.3 Å². The summed E-state index contributed by atoms with van der Waals surface area (Å²) in [6.07, 6.45) is 6.15. The van der Waals surface area contributed by atoms with E-state index in [1.807, 2.05) is 0 Å². The summed E-state index contributed by atoms with van der Waals surface area (Å²) in [5.41, 5.74) is -0.480. The summed E-state index contributed by atoms with van der Waals surface area (Å²) in [6.45, 7) is 2.21. The molecule has 192 valence electrons. The molecule has 2 saturated carbocycles. The fourth-order valence-corrected chi connectivity index (χ4v) is 6.03. The maximum atomic E-state index is 14.9. The first-order chi connectivity index (χ1) is 16.7. The van der Waals surface area contributed by atoms with E-state index in [2.05, 4.69) is 6.92 Å². The monoisotopic (exact) mass is 498 g/mol. The number of ether oxygens (including phenoxy) is 1. The molecule has 2 aromatic rings. The van der Waals surface area contributed by atoms with Gasteiger partial charge in [0.15, 0.2) is 17.5 Å². The van der Waals surface area contributed by atoms with Crippen LogP contribution in [0.25, 0.3) is 11.1 Å². The standard InChI is InChI=1S/C28H32F6O/c1-2-3-17-4-6-18(7-5-17)19-8-10-21(11-9-19)28(33,34)35-22-12-13-23(24(29)16-22)20-14-25(30)27(32)26(31)15-20/h12-19,21H,2-11H2,1H3. The molecule has 0 heterocycles. The van der Waals surface area contributed by atoms with Crippen LogP contribution >= 0.6 is 0 Å². The van der Waals surface area contributed by atoms with E-state index in [0.717, 1.165) is 37.0 Å². The van der Waals surface area contributed by atoms with E-state index in [9.17, 15) is 26.3 Å². The van der Waals surface area contributed by atoms with E-state index in [0.29, 0.717) is 36.8 Å². The van der Waals surface area contributed by atoms with Crippen molar-refractivity contribution in [2.24, 2.45) is 23.7 Å². The SMILES string of the molecule is CCCC1CCC(C2CCC(C(F)(F)Oc3ccc(-c4cc(F)c(F)c(F)c4)c(F)c3)CC2)CC1. The zero-order valence-corrected chi connectivity index (χ0v) is 19.9. The number of rotatable bonds is 7. The minimum absolute atomic E-state index is 0.237. The van der Waals surface area contributed by atoms with E-state index < -0.39 is 35.3 Å². The van der Waals surface area contributed by atoms with Gasteiger partial charge in [-0.25, -0.2) is 17.6 Å². The topological polar surface area (TPSA) is 9.23 Å². The van der Waals surface area contributed by atoms with Gasteiger partial charge in [0.25, 0.3) is 0 Å². The second-order valence-electron chi connectivity index (χ2n) is 10.2. The van der Waals surface area contributed by atoms with E-state index in [1.165, 1.54) is 38.5 Å². The van der Waals surface area contributed by atoms with Crippen molar-refractivity contribution in [2.75, 3.05) is 0 Å². The molecule has 2 fully saturated rings. The van der Waals surface area contributed by atoms with Crippen LogP contribution in [-0.4, -0.2) is 6.11 Å². The Bertz CT molecular complexity index is 983. The molecule has 0 aromatic heterocycles. The predicted octanol–water partition coefficient (Wildman–Crippen LogP) is 9.29. The lowest BCUT2D eigenvalue weighted by Gasteiger charge is -2.39. The highest BCUT2D eigenvalue weighted by Gasteiger charge is 2.45. The maximum Gasteiger partial charge on any atom is 0.400 e. The van der Waals surface area contributed by atoms with Gasteiger partial charge in [-0.3, -0.25) is 0 Å². The first kappa shape index (κ1) is 25.9. The average molecular weight is 499 g/mol. The van der Waals surface area contributed by atoms with E-state index in [-0.39, 0.29) is 16.9 Å². The van der Waals surface area contributed by atoms with Crippen molar-refractivity contribution in [1.29, 1.82) is 0 Å². The molecule has 0 atom stereocenters. The van der Waals surface area contributed by atoms with Crippen LogP contribution in [0.2, 0.25) is 0 Å². The van der Waals surface area contributed by atoms with Crippen molar-refractivity contribution >= 4 is 0 Å². The molecule has 0 saturated heterocycles. The van der Waals surface area contributed by atoms with Crippen molar-refractivity contribution in [1.82, 2.24) is 0 Å². The minimum atomic E-state index is -3.45. The van der Waals surface area contributed by atoms with Crippen molar-refractivity contribution in [3.63, 3.8) is 0 Å². The van der Waals surface area contributed by atoms with Gasteiger partial charge in [0.1, 0.15) is 11.6 Å². The van der Waals surface area contributed by atoms with Gasteiger partial charge in [-0.2, -0.15) is 8.78 Å². The molecule has 0 bridgehead atoms. The van der Waals surface area contributed by atoms with Crippen LogP contribution in [0.1, 0.15) is 71.1 Å². The Labute approximate surface area is 202 Å². The largest absolute Gasteiger partial charge is 0.432 e. The van der Waals surface area contributed by atoms with Crippen LogP contribution < -0.4 is 4.74 Å². The Morgan fingerprint density at radius 2 is 1.34 bits per heavy atom. The fourth-order valence-electron chi connectivity index (χ4n) is 6.03. The van der Waals surface area contributed by atoms with Crippen LogP contribution in [-0.2, 0) is 0 Å². The molecule has 0 radical (unpaired) electrons. The zero-order chi connectivity index (χ0) is 25.2. The van der Waals surface area contributed by atoms with Gasteiger partial charge in [0, 0.05) is 11.6 Å². The van der Waals surface area contributed by atoms with Gasteiger partial charge < -0.3 is 4.74 Å². The van der Waals surface area contributed by atoms with E-state index >= 15 is 0 Å². The van der Waals surface area contributed by atoms with Crippen LogP contribution in [0.5, 0.6) is 5.75 Å². The minimum Gasteiger partial charge on any atom is -0.432 e. The molecule has 35 heavy (non-hydrogen) atoms. The summed E-state index contributed by atoms with van der Waals surface area (Å²) >= 11 is 0. The molecule has 0 amide bonds. The first-order valence-corrected chi connectivity index (χ1v) is 12.7. The summed E-state index contributed by atoms with van der Waals surface area (Å²) in [5, 5.41) is 0. The highest BCUT2D eigenvalue weighted by Crippen LogP contribution is 2.46. The third-order valence-electron chi connectivity index (χ3n) is 7.99. The lowest BCUT2D eigenvalue weighted by atomic mass is 9.68. The van der Waals surface area contributed by atoms with Gasteiger partial charge in [0.2, 0.25) is 0 Å². The second-order valence-corrected chi connectivity index (χ2v) is 10.2. The number of benzene rings is 2. The molecule has 0 N–H and O–H groups in total. The van der Waals surface area contributed by atoms with Crippen molar-refractivity contribution in [2.45, 2.75) is 77.2 Å².